The molecule has 0 unspecified atom stereocenters. The van der Waals surface area contributed by atoms with Gasteiger partial charge < -0.3 is 0 Å². The molecule has 74 valence electrons. The zero-order chi connectivity index (χ0) is 9.97. The second-order valence-corrected chi connectivity index (χ2v) is 4.03. The van der Waals surface area contributed by atoms with E-state index >= 15 is 0 Å². The third kappa shape index (κ3) is 1.87. The predicted octanol–water partition coefficient (Wildman–Crippen LogP) is 2.70. The molecule has 0 N–H and O–H groups in total. The normalized spacial score (nSPS) is 16.2. The highest BCUT2D eigenvalue weighted by Crippen LogP contribution is 2.20. The molecular weight excluding hydrogens is 172 g/mol. The Morgan fingerprint density at radius 2 is 2.07 bits per heavy atom. The lowest BCUT2D eigenvalue weighted by Crippen LogP contribution is -2.00. The van der Waals surface area contributed by atoms with Gasteiger partial charge in [0.1, 0.15) is 5.78 Å². The van der Waals surface area contributed by atoms with Crippen molar-refractivity contribution in [2.45, 2.75) is 39.0 Å². The van der Waals surface area contributed by atoms with Crippen molar-refractivity contribution in [3.8, 4) is 0 Å². The fourth-order valence-corrected chi connectivity index (χ4v) is 2.08. The van der Waals surface area contributed by atoms with Crippen LogP contribution in [0.1, 0.15) is 36.5 Å². The number of rotatable bonds is 1. The van der Waals surface area contributed by atoms with Crippen LogP contribution in [0.3, 0.4) is 0 Å². The van der Waals surface area contributed by atoms with Crippen molar-refractivity contribution in [3.63, 3.8) is 0 Å². The van der Waals surface area contributed by atoms with Gasteiger partial charge in [-0.3, -0.25) is 4.79 Å². The molecule has 1 aliphatic carbocycles. The van der Waals surface area contributed by atoms with E-state index in [1.807, 2.05) is 0 Å². The molecule has 2 rings (SSSR count). The summed E-state index contributed by atoms with van der Waals surface area (Å²) in [7, 11) is 0. The number of benzene rings is 1. The van der Waals surface area contributed by atoms with Crippen LogP contribution in [0.5, 0.6) is 0 Å². The van der Waals surface area contributed by atoms with Crippen LogP contribution in [-0.4, -0.2) is 5.78 Å². The van der Waals surface area contributed by atoms with Gasteiger partial charge in [0.15, 0.2) is 0 Å². The van der Waals surface area contributed by atoms with E-state index < -0.39 is 0 Å². The second-order valence-electron chi connectivity index (χ2n) is 4.03. The van der Waals surface area contributed by atoms with Gasteiger partial charge >= 0.3 is 0 Å². The molecule has 0 radical (unpaired) electrons. The maximum absolute atomic E-state index is 11.4. The summed E-state index contributed by atoms with van der Waals surface area (Å²) in [5, 5.41) is 0. The molecule has 1 nitrogen and oxygen atoms in total. The summed E-state index contributed by atoms with van der Waals surface area (Å²) in [4.78, 5) is 11.4. The SMILES string of the molecule is CCc1ccc2c(c1)CCCC(=O)C2. The van der Waals surface area contributed by atoms with E-state index in [4.69, 9.17) is 0 Å². The summed E-state index contributed by atoms with van der Waals surface area (Å²) >= 11 is 0. The van der Waals surface area contributed by atoms with Crippen molar-refractivity contribution < 1.29 is 4.79 Å². The Hall–Kier alpha value is -1.11. The number of hydrogen-bond acceptors (Lipinski definition) is 1. The van der Waals surface area contributed by atoms with Crippen LogP contribution in [-0.2, 0) is 24.1 Å². The van der Waals surface area contributed by atoms with Crippen LogP contribution in [0.2, 0.25) is 0 Å². The van der Waals surface area contributed by atoms with Gasteiger partial charge in [-0.1, -0.05) is 25.1 Å². The Morgan fingerprint density at radius 3 is 2.86 bits per heavy atom. The summed E-state index contributed by atoms with van der Waals surface area (Å²) in [5.41, 5.74) is 4.04. The van der Waals surface area contributed by atoms with E-state index in [9.17, 15) is 4.79 Å². The molecule has 0 amide bonds. The van der Waals surface area contributed by atoms with Crippen LogP contribution in [0.25, 0.3) is 0 Å². The van der Waals surface area contributed by atoms with E-state index in [2.05, 4.69) is 25.1 Å². The van der Waals surface area contributed by atoms with E-state index in [0.717, 1.165) is 25.7 Å². The number of fused-ring (bicyclic) bond motifs is 1. The lowest BCUT2D eigenvalue weighted by Gasteiger charge is -2.06. The number of aryl methyl sites for hydroxylation is 2. The van der Waals surface area contributed by atoms with Gasteiger partial charge in [-0.15, -0.1) is 0 Å². The van der Waals surface area contributed by atoms with Crippen LogP contribution >= 0.6 is 0 Å². The first-order valence-corrected chi connectivity index (χ1v) is 5.42. The minimum atomic E-state index is 0.396. The minimum absolute atomic E-state index is 0.396. The van der Waals surface area contributed by atoms with E-state index in [0.29, 0.717) is 12.2 Å². The van der Waals surface area contributed by atoms with Gasteiger partial charge in [-0.25, -0.2) is 0 Å². The number of ketones is 1. The first kappa shape index (κ1) is 9.45. The van der Waals surface area contributed by atoms with Crippen LogP contribution in [0.4, 0.5) is 0 Å². The molecule has 0 aliphatic heterocycles. The number of hydrogen-bond donors (Lipinski definition) is 0. The van der Waals surface area contributed by atoms with Gasteiger partial charge in [0.25, 0.3) is 0 Å². The smallest absolute Gasteiger partial charge is 0.137 e. The van der Waals surface area contributed by atoms with Crippen LogP contribution in [0, 0.1) is 0 Å². The molecular formula is C13H16O. The average Bonchev–Trinajstić information content (AvgIpc) is 2.37. The quantitative estimate of drug-likeness (QED) is 0.619. The molecule has 0 spiro atoms. The Labute approximate surface area is 85.1 Å². The standard InChI is InChI=1S/C13H16O/c1-2-10-6-7-12-9-13(14)5-3-4-11(12)8-10/h6-8H,2-5,9H2,1H3. The van der Waals surface area contributed by atoms with Crippen molar-refractivity contribution in [1.29, 1.82) is 0 Å². The summed E-state index contributed by atoms with van der Waals surface area (Å²) in [5.74, 6) is 0.396. The first-order chi connectivity index (χ1) is 6.79. The number of carbonyl (C=O) groups excluding carboxylic acids is 1. The van der Waals surface area contributed by atoms with E-state index in [1.165, 1.54) is 16.7 Å². The Bertz CT molecular complexity index is 352. The minimum Gasteiger partial charge on any atom is -0.299 e. The first-order valence-electron chi connectivity index (χ1n) is 5.42. The van der Waals surface area contributed by atoms with Crippen molar-refractivity contribution >= 4 is 5.78 Å². The largest absolute Gasteiger partial charge is 0.299 e. The molecule has 1 aromatic rings. The zero-order valence-corrected chi connectivity index (χ0v) is 8.68. The highest BCUT2D eigenvalue weighted by atomic mass is 16.1. The molecule has 0 atom stereocenters. The predicted molar refractivity (Wildman–Crippen MR) is 57.5 cm³/mol. The summed E-state index contributed by atoms with van der Waals surface area (Å²) in [6.45, 7) is 2.17. The highest BCUT2D eigenvalue weighted by Gasteiger charge is 2.13. The van der Waals surface area contributed by atoms with Gasteiger partial charge in [-0.05, 0) is 36.0 Å². The molecule has 0 aromatic heterocycles. The third-order valence-electron chi connectivity index (χ3n) is 2.97. The van der Waals surface area contributed by atoms with Crippen molar-refractivity contribution in [2.24, 2.45) is 0 Å². The Balaban J connectivity index is 2.35. The van der Waals surface area contributed by atoms with Gasteiger partial charge in [0.05, 0.1) is 0 Å². The second kappa shape index (κ2) is 3.95. The molecule has 0 saturated heterocycles. The summed E-state index contributed by atoms with van der Waals surface area (Å²) < 4.78 is 0. The molecule has 0 fully saturated rings. The topological polar surface area (TPSA) is 17.1 Å². The van der Waals surface area contributed by atoms with Gasteiger partial charge in [0.2, 0.25) is 0 Å². The Kier molecular flexibility index (Phi) is 2.67. The van der Waals surface area contributed by atoms with Crippen molar-refractivity contribution in [3.05, 3.63) is 34.9 Å². The monoisotopic (exact) mass is 188 g/mol. The van der Waals surface area contributed by atoms with Crippen LogP contribution in [0.15, 0.2) is 18.2 Å². The molecule has 0 heterocycles. The summed E-state index contributed by atoms with van der Waals surface area (Å²) in [6, 6.07) is 6.56. The van der Waals surface area contributed by atoms with E-state index in [1.54, 1.807) is 0 Å². The van der Waals surface area contributed by atoms with Crippen LogP contribution < -0.4 is 0 Å². The molecule has 0 bridgehead atoms. The number of Topliss-reactive ketones (excluding diaryl/α,β-unsaturated/α-hetero) is 1. The Morgan fingerprint density at radius 1 is 1.21 bits per heavy atom. The molecule has 1 aliphatic rings. The maximum Gasteiger partial charge on any atom is 0.137 e. The summed E-state index contributed by atoms with van der Waals surface area (Å²) in [6.07, 6.45) is 4.60. The van der Waals surface area contributed by atoms with Crippen molar-refractivity contribution in [1.82, 2.24) is 0 Å². The fourth-order valence-electron chi connectivity index (χ4n) is 2.08. The zero-order valence-electron chi connectivity index (χ0n) is 8.68. The number of carbonyl (C=O) groups is 1. The van der Waals surface area contributed by atoms with Gasteiger partial charge in [0, 0.05) is 12.8 Å². The molecule has 1 heteroatoms. The van der Waals surface area contributed by atoms with E-state index in [-0.39, 0.29) is 0 Å². The fraction of sp³-hybridized carbons (Fsp3) is 0.462. The third-order valence-corrected chi connectivity index (χ3v) is 2.97. The molecule has 14 heavy (non-hydrogen) atoms. The van der Waals surface area contributed by atoms with Crippen molar-refractivity contribution in [2.75, 3.05) is 0 Å². The maximum atomic E-state index is 11.4. The average molecular weight is 188 g/mol. The lowest BCUT2D eigenvalue weighted by atomic mass is 9.99. The highest BCUT2D eigenvalue weighted by molar-refractivity contribution is 5.81. The lowest BCUT2D eigenvalue weighted by molar-refractivity contribution is -0.118. The molecule has 0 saturated carbocycles. The van der Waals surface area contributed by atoms with Gasteiger partial charge in [-0.2, -0.15) is 0 Å². The molecule has 1 aromatic carbocycles.